The van der Waals surface area contributed by atoms with Crippen molar-refractivity contribution in [2.75, 3.05) is 5.32 Å². The van der Waals surface area contributed by atoms with Crippen LogP contribution < -0.4 is 5.32 Å². The van der Waals surface area contributed by atoms with Gasteiger partial charge < -0.3 is 10.2 Å². The highest BCUT2D eigenvalue weighted by Crippen LogP contribution is 2.27. The van der Waals surface area contributed by atoms with Gasteiger partial charge in [-0.25, -0.2) is 13.8 Å². The number of nitrogens with zero attached hydrogens (tertiary/aromatic N) is 3. The molecule has 0 saturated carbocycles. The SMILES string of the molecule is Cc1ccc(C(C(=O)Nc2ccc(F)cc2)N(Cc2ccc(F)cc2)C(=O)c2cnccn2)cc1. The van der Waals surface area contributed by atoms with Crippen LogP contribution in [0.1, 0.15) is 33.2 Å². The summed E-state index contributed by atoms with van der Waals surface area (Å²) in [5, 5.41) is 2.77. The summed E-state index contributed by atoms with van der Waals surface area (Å²) in [6.07, 6.45) is 4.16. The predicted molar refractivity (Wildman–Crippen MR) is 127 cm³/mol. The van der Waals surface area contributed by atoms with Crippen LogP contribution in [0.5, 0.6) is 0 Å². The fraction of sp³-hybridized carbons (Fsp3) is 0.111. The van der Waals surface area contributed by atoms with E-state index in [1.807, 2.05) is 19.1 Å². The smallest absolute Gasteiger partial charge is 0.275 e. The molecule has 0 bridgehead atoms. The van der Waals surface area contributed by atoms with E-state index in [2.05, 4.69) is 15.3 Å². The third kappa shape index (κ3) is 5.92. The van der Waals surface area contributed by atoms with E-state index < -0.39 is 29.5 Å². The maximum absolute atomic E-state index is 13.6. The van der Waals surface area contributed by atoms with Crippen LogP contribution in [0, 0.1) is 18.6 Å². The molecule has 3 aromatic carbocycles. The van der Waals surface area contributed by atoms with Gasteiger partial charge in [0.2, 0.25) is 0 Å². The lowest BCUT2D eigenvalue weighted by Crippen LogP contribution is -2.41. The van der Waals surface area contributed by atoms with Crippen molar-refractivity contribution in [3.8, 4) is 0 Å². The van der Waals surface area contributed by atoms with Gasteiger partial charge in [-0.2, -0.15) is 0 Å². The Bertz CT molecular complexity index is 1300. The zero-order chi connectivity index (χ0) is 24.8. The van der Waals surface area contributed by atoms with Crippen LogP contribution in [0.2, 0.25) is 0 Å². The molecule has 1 aromatic heterocycles. The number of aryl methyl sites for hydroxylation is 1. The molecule has 0 radical (unpaired) electrons. The minimum atomic E-state index is -1.07. The van der Waals surface area contributed by atoms with Gasteiger partial charge in [0.1, 0.15) is 23.4 Å². The van der Waals surface area contributed by atoms with Crippen molar-refractivity contribution in [3.63, 3.8) is 0 Å². The second-order valence-corrected chi connectivity index (χ2v) is 7.96. The van der Waals surface area contributed by atoms with Crippen LogP contribution in [-0.2, 0) is 11.3 Å². The lowest BCUT2D eigenvalue weighted by Gasteiger charge is -2.31. The molecule has 0 fully saturated rings. The maximum Gasteiger partial charge on any atom is 0.275 e. The van der Waals surface area contributed by atoms with Crippen molar-refractivity contribution >= 4 is 17.5 Å². The Morgan fingerprint density at radius 2 is 1.51 bits per heavy atom. The lowest BCUT2D eigenvalue weighted by molar-refractivity contribution is -0.121. The Labute approximate surface area is 201 Å². The van der Waals surface area contributed by atoms with E-state index in [1.54, 1.807) is 24.3 Å². The van der Waals surface area contributed by atoms with Crippen LogP contribution in [0.3, 0.4) is 0 Å². The Morgan fingerprint density at radius 1 is 0.886 bits per heavy atom. The molecule has 1 unspecified atom stereocenters. The van der Waals surface area contributed by atoms with Crippen LogP contribution in [0.4, 0.5) is 14.5 Å². The summed E-state index contributed by atoms with van der Waals surface area (Å²) in [5.41, 5.74) is 2.60. The molecule has 1 heterocycles. The number of halogens is 2. The fourth-order valence-electron chi connectivity index (χ4n) is 3.59. The Hall–Kier alpha value is -4.46. The molecule has 4 rings (SSSR count). The standard InChI is InChI=1S/C27H22F2N4O2/c1-18-2-6-20(7-3-18)25(26(34)32-23-12-10-22(29)11-13-23)33(17-19-4-8-21(28)9-5-19)27(35)24-16-30-14-15-31-24/h2-16,25H,17H2,1H3,(H,32,34). The van der Waals surface area contributed by atoms with E-state index in [0.29, 0.717) is 16.8 Å². The Morgan fingerprint density at radius 3 is 2.11 bits per heavy atom. The Balaban J connectivity index is 1.77. The summed E-state index contributed by atoms with van der Waals surface area (Å²) >= 11 is 0. The van der Waals surface area contributed by atoms with Gasteiger partial charge in [-0.3, -0.25) is 14.6 Å². The molecule has 8 heteroatoms. The monoisotopic (exact) mass is 472 g/mol. The molecular formula is C27H22F2N4O2. The third-order valence-corrected chi connectivity index (χ3v) is 5.37. The molecule has 0 saturated heterocycles. The highest BCUT2D eigenvalue weighted by Gasteiger charge is 2.33. The van der Waals surface area contributed by atoms with Crippen molar-refractivity contribution in [2.24, 2.45) is 0 Å². The normalized spacial score (nSPS) is 11.5. The van der Waals surface area contributed by atoms with Gasteiger partial charge in [0.15, 0.2) is 0 Å². The number of anilines is 1. The number of nitrogens with one attached hydrogen (secondary N) is 1. The van der Waals surface area contributed by atoms with Crippen LogP contribution in [0.15, 0.2) is 91.4 Å². The van der Waals surface area contributed by atoms with E-state index in [0.717, 1.165) is 5.56 Å². The first-order valence-electron chi connectivity index (χ1n) is 10.8. The fourth-order valence-corrected chi connectivity index (χ4v) is 3.59. The molecule has 0 aliphatic carbocycles. The van der Waals surface area contributed by atoms with Crippen molar-refractivity contribution in [1.82, 2.24) is 14.9 Å². The topological polar surface area (TPSA) is 75.2 Å². The predicted octanol–water partition coefficient (Wildman–Crippen LogP) is 5.09. The number of rotatable bonds is 7. The van der Waals surface area contributed by atoms with E-state index >= 15 is 0 Å². The Kier molecular flexibility index (Phi) is 7.21. The van der Waals surface area contributed by atoms with Gasteiger partial charge in [-0.05, 0) is 54.4 Å². The minimum absolute atomic E-state index is 0.00503. The summed E-state index contributed by atoms with van der Waals surface area (Å²) in [6.45, 7) is 1.92. The molecule has 1 atom stereocenters. The molecule has 6 nitrogen and oxygen atoms in total. The molecule has 0 aliphatic rings. The van der Waals surface area contributed by atoms with Gasteiger partial charge >= 0.3 is 0 Å². The minimum Gasteiger partial charge on any atom is -0.324 e. The summed E-state index contributed by atoms with van der Waals surface area (Å²) in [4.78, 5) is 36.7. The molecule has 0 spiro atoms. The highest BCUT2D eigenvalue weighted by atomic mass is 19.1. The number of benzene rings is 3. The first-order valence-corrected chi connectivity index (χ1v) is 10.8. The van der Waals surface area contributed by atoms with Crippen LogP contribution in [-0.4, -0.2) is 26.7 Å². The first-order chi connectivity index (χ1) is 16.9. The average Bonchev–Trinajstić information content (AvgIpc) is 2.87. The number of amides is 2. The number of carbonyl (C=O) groups excluding carboxylic acids is 2. The average molecular weight is 472 g/mol. The van der Waals surface area contributed by atoms with Crippen LogP contribution >= 0.6 is 0 Å². The second-order valence-electron chi connectivity index (χ2n) is 7.96. The summed E-state index contributed by atoms with van der Waals surface area (Å²) in [5.74, 6) is -1.87. The number of hydrogen-bond donors (Lipinski definition) is 1. The van der Waals surface area contributed by atoms with Gasteiger partial charge in [-0.1, -0.05) is 42.0 Å². The van der Waals surface area contributed by atoms with Gasteiger partial charge in [0.25, 0.3) is 11.8 Å². The van der Waals surface area contributed by atoms with Crippen molar-refractivity contribution in [1.29, 1.82) is 0 Å². The first kappa shape index (κ1) is 23.7. The molecular weight excluding hydrogens is 450 g/mol. The summed E-state index contributed by atoms with van der Waals surface area (Å²) in [7, 11) is 0. The van der Waals surface area contributed by atoms with E-state index in [1.165, 1.54) is 59.9 Å². The summed E-state index contributed by atoms with van der Waals surface area (Å²) in [6, 6.07) is 17.2. The molecule has 35 heavy (non-hydrogen) atoms. The maximum atomic E-state index is 13.6. The number of carbonyl (C=O) groups is 2. The molecule has 4 aromatic rings. The number of aromatic nitrogens is 2. The van der Waals surface area contributed by atoms with Gasteiger partial charge in [0.05, 0.1) is 6.20 Å². The van der Waals surface area contributed by atoms with E-state index in [4.69, 9.17) is 0 Å². The largest absolute Gasteiger partial charge is 0.324 e. The van der Waals surface area contributed by atoms with E-state index in [-0.39, 0.29) is 12.2 Å². The highest BCUT2D eigenvalue weighted by molar-refractivity contribution is 6.00. The van der Waals surface area contributed by atoms with Crippen molar-refractivity contribution in [3.05, 3.63) is 125 Å². The van der Waals surface area contributed by atoms with E-state index in [9.17, 15) is 18.4 Å². The zero-order valence-electron chi connectivity index (χ0n) is 18.9. The molecule has 1 N–H and O–H groups in total. The lowest BCUT2D eigenvalue weighted by atomic mass is 10.0. The zero-order valence-corrected chi connectivity index (χ0v) is 18.9. The second kappa shape index (κ2) is 10.6. The molecule has 0 aliphatic heterocycles. The quantitative estimate of drug-likeness (QED) is 0.407. The van der Waals surface area contributed by atoms with Gasteiger partial charge in [-0.15, -0.1) is 0 Å². The van der Waals surface area contributed by atoms with Crippen LogP contribution in [0.25, 0.3) is 0 Å². The van der Waals surface area contributed by atoms with Crippen molar-refractivity contribution in [2.45, 2.75) is 19.5 Å². The van der Waals surface area contributed by atoms with Crippen molar-refractivity contribution < 1.29 is 18.4 Å². The third-order valence-electron chi connectivity index (χ3n) is 5.37. The van der Waals surface area contributed by atoms with Gasteiger partial charge in [0, 0.05) is 24.6 Å². The molecule has 2 amide bonds. The molecule has 176 valence electrons. The summed E-state index contributed by atoms with van der Waals surface area (Å²) < 4.78 is 26.9. The number of hydrogen-bond acceptors (Lipinski definition) is 4.